The second kappa shape index (κ2) is 4.11. The largest absolute Gasteiger partial charge is 0.300 e. The van der Waals surface area contributed by atoms with Crippen molar-refractivity contribution in [2.45, 2.75) is 26.3 Å². The van der Waals surface area contributed by atoms with E-state index >= 15 is 0 Å². The van der Waals surface area contributed by atoms with Crippen molar-refractivity contribution in [3.63, 3.8) is 0 Å². The van der Waals surface area contributed by atoms with Crippen LogP contribution in [0.3, 0.4) is 0 Å². The molecule has 0 saturated carbocycles. The monoisotopic (exact) mass is 233 g/mol. The molecule has 1 aliphatic heterocycles. The number of rotatable bonds is 2. The molecule has 0 radical (unpaired) electrons. The van der Waals surface area contributed by atoms with Gasteiger partial charge in [-0.05, 0) is 25.1 Å². The molecule has 0 fully saturated rings. The van der Waals surface area contributed by atoms with E-state index in [9.17, 15) is 4.39 Å². The molecule has 1 aliphatic rings. The lowest BCUT2D eigenvalue weighted by molar-refractivity contribution is 0.249. The van der Waals surface area contributed by atoms with Crippen molar-refractivity contribution < 1.29 is 4.39 Å². The van der Waals surface area contributed by atoms with Gasteiger partial charge in [0.05, 0.1) is 11.4 Å². The molecule has 0 bridgehead atoms. The third kappa shape index (κ3) is 1.82. The van der Waals surface area contributed by atoms with E-state index in [-0.39, 0.29) is 5.82 Å². The maximum Gasteiger partial charge on any atom is 0.139 e. The van der Waals surface area contributed by atoms with Crippen LogP contribution in [0.4, 0.5) is 4.39 Å². The van der Waals surface area contributed by atoms with Crippen LogP contribution in [0.5, 0.6) is 0 Å². The number of imidazole rings is 1. The third-order valence-corrected chi connectivity index (χ3v) is 3.34. The maximum absolute atomic E-state index is 13.3. The molecule has 0 aromatic carbocycles. The maximum atomic E-state index is 13.3. The van der Waals surface area contributed by atoms with Gasteiger partial charge in [-0.2, -0.15) is 0 Å². The molecule has 0 saturated heterocycles. The lowest BCUT2D eigenvalue weighted by Gasteiger charge is -2.25. The first kappa shape index (κ1) is 10.7. The molecule has 0 N–H and O–H groups in total. The first-order valence-corrected chi connectivity index (χ1v) is 6.15. The average Bonchev–Trinajstić information content (AvgIpc) is 2.67. The molecule has 3 rings (SSSR count). The predicted octanol–water partition coefficient (Wildman–Crippen LogP) is 2.24. The van der Waals surface area contributed by atoms with E-state index < -0.39 is 0 Å². The highest BCUT2D eigenvalue weighted by Gasteiger charge is 2.20. The van der Waals surface area contributed by atoms with Crippen LogP contribution in [-0.4, -0.2) is 27.4 Å². The number of hydrogen-bond acceptors (Lipinski definition) is 2. The lowest BCUT2D eigenvalue weighted by atomic mass is 10.1. The van der Waals surface area contributed by atoms with Crippen LogP contribution in [0.25, 0.3) is 5.65 Å². The van der Waals surface area contributed by atoms with E-state index in [0.29, 0.717) is 0 Å². The summed E-state index contributed by atoms with van der Waals surface area (Å²) in [5.74, 6) is -0.203. The van der Waals surface area contributed by atoms with Crippen molar-refractivity contribution in [1.82, 2.24) is 14.3 Å². The molecular weight excluding hydrogens is 217 g/mol. The standard InChI is InChI=1S/C13H16FN3/c1-2-6-16-7-5-11-12(9-16)17-8-10(14)3-4-13(17)15-11/h3-4,8H,2,5-7,9H2,1H3. The van der Waals surface area contributed by atoms with E-state index in [2.05, 4.69) is 16.8 Å². The van der Waals surface area contributed by atoms with E-state index in [1.54, 1.807) is 6.07 Å². The fourth-order valence-electron chi connectivity index (χ4n) is 2.55. The van der Waals surface area contributed by atoms with Gasteiger partial charge in [0.15, 0.2) is 0 Å². The SMILES string of the molecule is CCCN1CCc2nc3ccc(F)cn3c2C1. The number of nitrogens with zero attached hydrogens (tertiary/aromatic N) is 3. The zero-order chi connectivity index (χ0) is 11.8. The van der Waals surface area contributed by atoms with Crippen molar-refractivity contribution in [3.05, 3.63) is 35.5 Å². The molecule has 0 unspecified atom stereocenters. The minimum Gasteiger partial charge on any atom is -0.300 e. The molecule has 17 heavy (non-hydrogen) atoms. The zero-order valence-electron chi connectivity index (χ0n) is 9.99. The highest BCUT2D eigenvalue weighted by Crippen LogP contribution is 2.20. The molecule has 4 heteroatoms. The second-order valence-corrected chi connectivity index (χ2v) is 4.61. The summed E-state index contributed by atoms with van der Waals surface area (Å²) in [4.78, 5) is 6.96. The minimum atomic E-state index is -0.203. The summed E-state index contributed by atoms with van der Waals surface area (Å²) in [6.07, 6.45) is 3.66. The van der Waals surface area contributed by atoms with Gasteiger partial charge in [0.1, 0.15) is 11.5 Å². The molecule has 90 valence electrons. The Hall–Kier alpha value is -1.42. The normalized spacial score (nSPS) is 16.4. The van der Waals surface area contributed by atoms with Crippen LogP contribution in [0.2, 0.25) is 0 Å². The summed E-state index contributed by atoms with van der Waals surface area (Å²) in [7, 11) is 0. The van der Waals surface area contributed by atoms with Gasteiger partial charge < -0.3 is 0 Å². The molecule has 2 aromatic heterocycles. The van der Waals surface area contributed by atoms with Gasteiger partial charge >= 0.3 is 0 Å². The summed E-state index contributed by atoms with van der Waals surface area (Å²) >= 11 is 0. The van der Waals surface area contributed by atoms with Gasteiger partial charge in [-0.3, -0.25) is 9.30 Å². The molecule has 2 aromatic rings. The van der Waals surface area contributed by atoms with Gasteiger partial charge in [-0.1, -0.05) is 6.92 Å². The van der Waals surface area contributed by atoms with Crippen LogP contribution in [0.1, 0.15) is 24.7 Å². The molecule has 3 heterocycles. The highest BCUT2D eigenvalue weighted by molar-refractivity contribution is 5.44. The summed E-state index contributed by atoms with van der Waals surface area (Å²) in [6.45, 7) is 5.23. The van der Waals surface area contributed by atoms with Gasteiger partial charge in [0, 0.05) is 25.7 Å². The summed E-state index contributed by atoms with van der Waals surface area (Å²) in [5, 5.41) is 0. The second-order valence-electron chi connectivity index (χ2n) is 4.61. The topological polar surface area (TPSA) is 20.5 Å². The Morgan fingerprint density at radius 1 is 1.41 bits per heavy atom. The Kier molecular flexibility index (Phi) is 2.59. The molecular formula is C13H16FN3. The Morgan fingerprint density at radius 3 is 3.12 bits per heavy atom. The highest BCUT2D eigenvalue weighted by atomic mass is 19.1. The molecule has 0 amide bonds. The Bertz CT molecular complexity index is 547. The number of fused-ring (bicyclic) bond motifs is 3. The average molecular weight is 233 g/mol. The molecule has 3 nitrogen and oxygen atoms in total. The number of aromatic nitrogens is 2. The first-order chi connectivity index (χ1) is 8.28. The summed E-state index contributed by atoms with van der Waals surface area (Å²) in [6, 6.07) is 3.22. The van der Waals surface area contributed by atoms with Crippen LogP contribution in [-0.2, 0) is 13.0 Å². The lowest BCUT2D eigenvalue weighted by Crippen LogP contribution is -2.31. The quantitative estimate of drug-likeness (QED) is 0.793. The molecule has 0 atom stereocenters. The number of halogens is 1. The van der Waals surface area contributed by atoms with Crippen molar-refractivity contribution in [2.75, 3.05) is 13.1 Å². The number of pyridine rings is 1. The van der Waals surface area contributed by atoms with E-state index in [1.165, 1.54) is 12.3 Å². The van der Waals surface area contributed by atoms with Crippen molar-refractivity contribution in [2.24, 2.45) is 0 Å². The third-order valence-electron chi connectivity index (χ3n) is 3.34. The van der Waals surface area contributed by atoms with E-state index in [1.807, 2.05) is 4.40 Å². The minimum absolute atomic E-state index is 0.203. The van der Waals surface area contributed by atoms with Crippen LogP contribution >= 0.6 is 0 Å². The van der Waals surface area contributed by atoms with Crippen LogP contribution in [0.15, 0.2) is 18.3 Å². The first-order valence-electron chi connectivity index (χ1n) is 6.15. The van der Waals surface area contributed by atoms with E-state index in [0.717, 1.165) is 49.5 Å². The Morgan fingerprint density at radius 2 is 2.29 bits per heavy atom. The van der Waals surface area contributed by atoms with Crippen molar-refractivity contribution >= 4 is 5.65 Å². The van der Waals surface area contributed by atoms with Gasteiger partial charge in [-0.15, -0.1) is 0 Å². The fourth-order valence-corrected chi connectivity index (χ4v) is 2.55. The Labute approximate surface area is 99.9 Å². The van der Waals surface area contributed by atoms with Crippen LogP contribution in [0, 0.1) is 5.82 Å². The predicted molar refractivity (Wildman–Crippen MR) is 64.4 cm³/mol. The summed E-state index contributed by atoms with van der Waals surface area (Å²) < 4.78 is 15.2. The van der Waals surface area contributed by atoms with Crippen LogP contribution < -0.4 is 0 Å². The smallest absolute Gasteiger partial charge is 0.139 e. The van der Waals surface area contributed by atoms with Gasteiger partial charge in [0.25, 0.3) is 0 Å². The van der Waals surface area contributed by atoms with Gasteiger partial charge in [-0.25, -0.2) is 9.37 Å². The van der Waals surface area contributed by atoms with Crippen molar-refractivity contribution in [3.8, 4) is 0 Å². The summed E-state index contributed by atoms with van der Waals surface area (Å²) in [5.41, 5.74) is 3.14. The van der Waals surface area contributed by atoms with E-state index in [4.69, 9.17) is 0 Å². The zero-order valence-corrected chi connectivity index (χ0v) is 9.99. The van der Waals surface area contributed by atoms with Crippen molar-refractivity contribution in [1.29, 1.82) is 0 Å². The molecule has 0 aliphatic carbocycles. The number of hydrogen-bond donors (Lipinski definition) is 0. The fraction of sp³-hybridized carbons (Fsp3) is 0.462. The molecule has 0 spiro atoms. The van der Waals surface area contributed by atoms with Gasteiger partial charge in [0.2, 0.25) is 0 Å². The Balaban J connectivity index is 2.04.